The average Bonchev–Trinajstić information content (AvgIpc) is 3.03. The highest BCUT2D eigenvalue weighted by Crippen LogP contribution is 2.36. The summed E-state index contributed by atoms with van der Waals surface area (Å²) in [7, 11) is 1.38. The Balaban J connectivity index is 2.12. The molecular weight excluding hydrogens is 373 g/mol. The third-order valence-electron chi connectivity index (χ3n) is 4.64. The summed E-state index contributed by atoms with van der Waals surface area (Å²) in [5.41, 5.74) is 3.73. The molecule has 0 bridgehead atoms. The number of nitrogens with one attached hydrogen (secondary N) is 1. The lowest BCUT2D eigenvalue weighted by Gasteiger charge is -2.14. The van der Waals surface area contributed by atoms with Crippen LogP contribution in [0.4, 0.5) is 13.2 Å². The zero-order valence-electron chi connectivity index (χ0n) is 16.0. The lowest BCUT2D eigenvalue weighted by Crippen LogP contribution is -2.17. The van der Waals surface area contributed by atoms with Crippen molar-refractivity contribution in [2.45, 2.75) is 45.9 Å². The van der Waals surface area contributed by atoms with Crippen LogP contribution in [0.3, 0.4) is 0 Å². The van der Waals surface area contributed by atoms with Crippen LogP contribution in [0.1, 0.15) is 44.0 Å². The molecule has 3 aromatic rings. The van der Waals surface area contributed by atoms with Crippen LogP contribution < -0.4 is 9.47 Å². The summed E-state index contributed by atoms with van der Waals surface area (Å²) >= 11 is 0. The van der Waals surface area contributed by atoms with E-state index in [1.165, 1.54) is 25.3 Å². The Morgan fingerprint density at radius 2 is 1.86 bits per heavy atom. The molecule has 0 saturated heterocycles. The van der Waals surface area contributed by atoms with E-state index >= 15 is 0 Å². The average molecular weight is 394 g/mol. The molecule has 0 saturated carbocycles. The minimum Gasteiger partial charge on any atom is -0.496 e. The highest BCUT2D eigenvalue weighted by Gasteiger charge is 2.31. The van der Waals surface area contributed by atoms with Gasteiger partial charge < -0.3 is 9.47 Å². The normalized spacial score (nSPS) is 12.0. The summed E-state index contributed by atoms with van der Waals surface area (Å²) in [6.07, 6.45) is -2.93. The fraction of sp³-hybridized carbons (Fsp3) is 0.421. The van der Waals surface area contributed by atoms with Gasteiger partial charge in [0.05, 0.1) is 24.2 Å². The molecule has 0 fully saturated rings. The molecule has 1 N–H and O–H groups in total. The molecule has 0 unspecified atom stereocenters. The molecule has 9 heteroatoms. The van der Waals surface area contributed by atoms with Gasteiger partial charge in [-0.3, -0.25) is 5.10 Å². The number of aromatic nitrogens is 4. The van der Waals surface area contributed by atoms with E-state index in [0.29, 0.717) is 28.1 Å². The van der Waals surface area contributed by atoms with Gasteiger partial charge in [0.25, 0.3) is 0 Å². The van der Waals surface area contributed by atoms with Crippen molar-refractivity contribution in [1.82, 2.24) is 20.2 Å². The Labute approximate surface area is 160 Å². The zero-order valence-corrected chi connectivity index (χ0v) is 16.0. The number of alkyl halides is 3. The van der Waals surface area contributed by atoms with E-state index in [4.69, 9.17) is 9.72 Å². The third kappa shape index (κ3) is 3.88. The number of benzene rings is 1. The second kappa shape index (κ2) is 7.65. The van der Waals surface area contributed by atoms with Crippen LogP contribution in [0.5, 0.6) is 11.5 Å². The minimum absolute atomic E-state index is 0.214. The van der Waals surface area contributed by atoms with Crippen molar-refractivity contribution in [3.63, 3.8) is 0 Å². The van der Waals surface area contributed by atoms with Crippen molar-refractivity contribution in [1.29, 1.82) is 0 Å². The van der Waals surface area contributed by atoms with Crippen molar-refractivity contribution in [2.75, 3.05) is 7.11 Å². The van der Waals surface area contributed by atoms with Crippen molar-refractivity contribution in [3.8, 4) is 22.8 Å². The van der Waals surface area contributed by atoms with Gasteiger partial charge in [0.1, 0.15) is 17.0 Å². The Hall–Kier alpha value is -2.84. The van der Waals surface area contributed by atoms with Gasteiger partial charge in [-0.2, -0.15) is 5.10 Å². The molecule has 0 amide bonds. The molecule has 1 aromatic carbocycles. The number of hydrogen-bond donors (Lipinski definition) is 1. The first-order valence-electron chi connectivity index (χ1n) is 8.94. The SMILES string of the molecule is CCC(CC)c1[nH]nc2nc(C)c(-c3ccc(OC(F)(F)F)cc3OC)nc12. The van der Waals surface area contributed by atoms with Crippen LogP contribution in [0, 0.1) is 6.92 Å². The molecule has 0 aliphatic heterocycles. The lowest BCUT2D eigenvalue weighted by molar-refractivity contribution is -0.274. The predicted octanol–water partition coefficient (Wildman–Crippen LogP) is 5.14. The van der Waals surface area contributed by atoms with Crippen LogP contribution in [0.25, 0.3) is 22.4 Å². The quantitative estimate of drug-likeness (QED) is 0.627. The first-order chi connectivity index (χ1) is 13.3. The van der Waals surface area contributed by atoms with Crippen LogP contribution in [0.2, 0.25) is 0 Å². The smallest absolute Gasteiger partial charge is 0.496 e. The lowest BCUT2D eigenvalue weighted by atomic mass is 9.99. The van der Waals surface area contributed by atoms with Crippen molar-refractivity contribution in [2.24, 2.45) is 0 Å². The predicted molar refractivity (Wildman–Crippen MR) is 98.4 cm³/mol. The molecule has 6 nitrogen and oxygen atoms in total. The van der Waals surface area contributed by atoms with Gasteiger partial charge in [0.15, 0.2) is 5.65 Å². The van der Waals surface area contributed by atoms with Gasteiger partial charge in [-0.1, -0.05) is 13.8 Å². The number of aryl methyl sites for hydroxylation is 1. The van der Waals surface area contributed by atoms with Crippen LogP contribution in [-0.4, -0.2) is 33.6 Å². The Bertz CT molecular complexity index is 981. The second-order valence-electron chi connectivity index (χ2n) is 6.39. The van der Waals surface area contributed by atoms with Crippen molar-refractivity contribution >= 4 is 11.2 Å². The molecule has 0 aliphatic rings. The number of ether oxygens (including phenoxy) is 2. The zero-order chi connectivity index (χ0) is 20.5. The molecule has 2 heterocycles. The molecule has 150 valence electrons. The summed E-state index contributed by atoms with van der Waals surface area (Å²) in [6.45, 7) is 5.95. The van der Waals surface area contributed by atoms with Gasteiger partial charge in [-0.05, 0) is 31.9 Å². The number of halogens is 3. The van der Waals surface area contributed by atoms with Crippen molar-refractivity contribution < 1.29 is 22.6 Å². The van der Waals surface area contributed by atoms with Crippen molar-refractivity contribution in [3.05, 3.63) is 29.6 Å². The van der Waals surface area contributed by atoms with E-state index in [-0.39, 0.29) is 17.4 Å². The van der Waals surface area contributed by atoms with Gasteiger partial charge in [-0.15, -0.1) is 13.2 Å². The maximum Gasteiger partial charge on any atom is 0.573 e. The summed E-state index contributed by atoms with van der Waals surface area (Å²) in [5.74, 6) is 0.117. The summed E-state index contributed by atoms with van der Waals surface area (Å²) in [6, 6.07) is 3.90. The molecule has 0 spiro atoms. The van der Waals surface area contributed by atoms with E-state index in [2.05, 4.69) is 33.8 Å². The maximum absolute atomic E-state index is 12.5. The number of aromatic amines is 1. The largest absolute Gasteiger partial charge is 0.573 e. The highest BCUT2D eigenvalue weighted by atomic mass is 19.4. The number of methoxy groups -OCH3 is 1. The van der Waals surface area contributed by atoms with E-state index in [1.54, 1.807) is 6.92 Å². The Kier molecular flexibility index (Phi) is 5.44. The maximum atomic E-state index is 12.5. The van der Waals surface area contributed by atoms with E-state index in [1.807, 2.05) is 0 Å². The number of hydrogen-bond acceptors (Lipinski definition) is 5. The topological polar surface area (TPSA) is 72.9 Å². The first kappa shape index (κ1) is 19.9. The van der Waals surface area contributed by atoms with Crippen LogP contribution in [-0.2, 0) is 0 Å². The van der Waals surface area contributed by atoms with E-state index < -0.39 is 6.36 Å². The molecule has 0 aliphatic carbocycles. The Morgan fingerprint density at radius 3 is 2.46 bits per heavy atom. The molecule has 3 rings (SSSR count). The number of nitrogens with zero attached hydrogens (tertiary/aromatic N) is 3. The second-order valence-corrected chi connectivity index (χ2v) is 6.39. The standard InChI is InChI=1S/C19H21F3N4O2/c1-5-11(6-2)16-17-18(26-25-16)23-10(3)15(24-17)13-8-7-12(9-14(13)27-4)28-19(20,21)22/h7-9,11H,5-6H2,1-4H3,(H,23,25,26). The van der Waals surface area contributed by atoms with Crippen LogP contribution in [0.15, 0.2) is 18.2 Å². The van der Waals surface area contributed by atoms with Gasteiger partial charge in [0.2, 0.25) is 0 Å². The minimum atomic E-state index is -4.78. The van der Waals surface area contributed by atoms with E-state index in [9.17, 15) is 13.2 Å². The third-order valence-corrected chi connectivity index (χ3v) is 4.64. The molecule has 0 radical (unpaired) electrons. The number of H-pyrrole nitrogens is 1. The first-order valence-corrected chi connectivity index (χ1v) is 8.94. The summed E-state index contributed by atoms with van der Waals surface area (Å²) in [4.78, 5) is 9.24. The van der Waals surface area contributed by atoms with Gasteiger partial charge in [0, 0.05) is 17.5 Å². The van der Waals surface area contributed by atoms with E-state index in [0.717, 1.165) is 18.5 Å². The molecule has 28 heavy (non-hydrogen) atoms. The fourth-order valence-electron chi connectivity index (χ4n) is 3.23. The summed E-state index contributed by atoms with van der Waals surface area (Å²) in [5, 5.41) is 7.29. The monoisotopic (exact) mass is 394 g/mol. The number of fused-ring (bicyclic) bond motifs is 1. The van der Waals surface area contributed by atoms with Crippen LogP contribution >= 0.6 is 0 Å². The fourth-order valence-corrected chi connectivity index (χ4v) is 3.23. The van der Waals surface area contributed by atoms with Gasteiger partial charge in [-0.25, -0.2) is 9.97 Å². The van der Waals surface area contributed by atoms with Gasteiger partial charge >= 0.3 is 6.36 Å². The number of rotatable bonds is 6. The summed E-state index contributed by atoms with van der Waals surface area (Å²) < 4.78 is 46.7. The molecule has 2 aromatic heterocycles. The highest BCUT2D eigenvalue weighted by molar-refractivity contribution is 5.80. The molecular formula is C19H21F3N4O2. The Morgan fingerprint density at radius 1 is 1.14 bits per heavy atom. The molecule has 0 atom stereocenters.